The summed E-state index contributed by atoms with van der Waals surface area (Å²) in [6, 6.07) is 8.55. The predicted molar refractivity (Wildman–Crippen MR) is 87.1 cm³/mol. The SMILES string of the molecule is Cc1cc([C@@H]2CCCN2C(=O)Cc2ccc3c(c2)CCC3)on1. The average molecular weight is 310 g/mol. The topological polar surface area (TPSA) is 46.3 Å². The van der Waals surface area contributed by atoms with E-state index in [1.54, 1.807) is 0 Å². The van der Waals surface area contributed by atoms with Gasteiger partial charge in [0.25, 0.3) is 0 Å². The highest BCUT2D eigenvalue weighted by molar-refractivity contribution is 5.79. The second-order valence-corrected chi connectivity index (χ2v) is 6.75. The molecule has 0 unspecified atom stereocenters. The smallest absolute Gasteiger partial charge is 0.227 e. The Labute approximate surface area is 136 Å². The number of amides is 1. The van der Waals surface area contributed by atoms with Crippen LogP contribution in [-0.4, -0.2) is 22.5 Å². The molecule has 0 bridgehead atoms. The Morgan fingerprint density at radius 1 is 1.26 bits per heavy atom. The van der Waals surface area contributed by atoms with Crippen LogP contribution in [0.5, 0.6) is 0 Å². The van der Waals surface area contributed by atoms with E-state index in [0.29, 0.717) is 6.42 Å². The van der Waals surface area contributed by atoms with Crippen LogP contribution in [0.15, 0.2) is 28.8 Å². The predicted octanol–water partition coefficient (Wildman–Crippen LogP) is 3.38. The Kier molecular flexibility index (Phi) is 3.68. The van der Waals surface area contributed by atoms with E-state index < -0.39 is 0 Å². The highest BCUT2D eigenvalue weighted by atomic mass is 16.5. The summed E-state index contributed by atoms with van der Waals surface area (Å²) in [5, 5.41) is 3.97. The minimum atomic E-state index is 0.0538. The fourth-order valence-electron chi connectivity index (χ4n) is 3.91. The third-order valence-corrected chi connectivity index (χ3v) is 5.07. The zero-order valence-corrected chi connectivity index (χ0v) is 13.5. The van der Waals surface area contributed by atoms with Crippen molar-refractivity contribution < 1.29 is 9.32 Å². The molecule has 1 fully saturated rings. The minimum absolute atomic E-state index is 0.0538. The molecule has 120 valence electrons. The summed E-state index contributed by atoms with van der Waals surface area (Å²) in [6.07, 6.45) is 6.05. The molecule has 1 atom stereocenters. The molecule has 2 aromatic rings. The van der Waals surface area contributed by atoms with E-state index in [1.807, 2.05) is 17.9 Å². The van der Waals surface area contributed by atoms with Crippen molar-refractivity contribution in [1.29, 1.82) is 0 Å². The van der Waals surface area contributed by atoms with Crippen molar-refractivity contribution in [3.8, 4) is 0 Å². The number of fused-ring (bicyclic) bond motifs is 1. The van der Waals surface area contributed by atoms with E-state index in [-0.39, 0.29) is 11.9 Å². The van der Waals surface area contributed by atoms with Crippen LogP contribution in [0.2, 0.25) is 0 Å². The van der Waals surface area contributed by atoms with Crippen LogP contribution < -0.4 is 0 Å². The number of rotatable bonds is 3. The number of hydrogen-bond donors (Lipinski definition) is 0. The highest BCUT2D eigenvalue weighted by Gasteiger charge is 2.32. The molecule has 1 amide bonds. The Balaban J connectivity index is 1.50. The maximum atomic E-state index is 12.8. The van der Waals surface area contributed by atoms with Gasteiger partial charge in [-0.1, -0.05) is 23.4 Å². The zero-order chi connectivity index (χ0) is 15.8. The Morgan fingerprint density at radius 3 is 2.96 bits per heavy atom. The van der Waals surface area contributed by atoms with Gasteiger partial charge in [0.05, 0.1) is 18.2 Å². The van der Waals surface area contributed by atoms with Crippen molar-refractivity contribution in [1.82, 2.24) is 10.1 Å². The molecular formula is C19H22N2O2. The number of aryl methyl sites for hydroxylation is 3. The Hall–Kier alpha value is -2.10. The lowest BCUT2D eigenvalue weighted by molar-refractivity contribution is -0.131. The molecular weight excluding hydrogens is 288 g/mol. The molecule has 1 aromatic carbocycles. The van der Waals surface area contributed by atoms with E-state index in [9.17, 15) is 4.79 Å². The van der Waals surface area contributed by atoms with Crippen molar-refractivity contribution in [2.24, 2.45) is 0 Å². The van der Waals surface area contributed by atoms with E-state index in [4.69, 9.17) is 4.52 Å². The van der Waals surface area contributed by atoms with Gasteiger partial charge in [0.15, 0.2) is 5.76 Å². The first-order valence-electron chi connectivity index (χ1n) is 8.54. The molecule has 23 heavy (non-hydrogen) atoms. The largest absolute Gasteiger partial charge is 0.359 e. The van der Waals surface area contributed by atoms with Crippen LogP contribution >= 0.6 is 0 Å². The molecule has 1 aliphatic heterocycles. The highest BCUT2D eigenvalue weighted by Crippen LogP contribution is 2.33. The quantitative estimate of drug-likeness (QED) is 0.873. The van der Waals surface area contributed by atoms with Crippen molar-refractivity contribution >= 4 is 5.91 Å². The van der Waals surface area contributed by atoms with Crippen molar-refractivity contribution in [3.63, 3.8) is 0 Å². The molecule has 4 nitrogen and oxygen atoms in total. The van der Waals surface area contributed by atoms with Crippen LogP contribution in [0.3, 0.4) is 0 Å². The number of benzene rings is 1. The summed E-state index contributed by atoms with van der Waals surface area (Å²) in [5.41, 5.74) is 4.89. The van der Waals surface area contributed by atoms with Crippen LogP contribution in [0, 0.1) is 6.92 Å². The van der Waals surface area contributed by atoms with E-state index >= 15 is 0 Å². The molecule has 4 heteroatoms. The normalized spacial score (nSPS) is 20.0. The maximum Gasteiger partial charge on any atom is 0.227 e. The lowest BCUT2D eigenvalue weighted by Crippen LogP contribution is -2.31. The molecule has 1 aliphatic carbocycles. The van der Waals surface area contributed by atoms with E-state index in [0.717, 1.165) is 42.8 Å². The summed E-state index contributed by atoms with van der Waals surface area (Å²) >= 11 is 0. The molecule has 0 N–H and O–H groups in total. The van der Waals surface area contributed by atoms with Gasteiger partial charge in [-0.05, 0) is 55.7 Å². The van der Waals surface area contributed by atoms with Gasteiger partial charge >= 0.3 is 0 Å². The molecule has 1 aromatic heterocycles. The van der Waals surface area contributed by atoms with Gasteiger partial charge < -0.3 is 9.42 Å². The molecule has 4 rings (SSSR count). The number of nitrogens with zero attached hydrogens (tertiary/aromatic N) is 2. The number of likely N-dealkylation sites (tertiary alicyclic amines) is 1. The molecule has 0 spiro atoms. The number of carbonyl (C=O) groups is 1. The van der Waals surface area contributed by atoms with Gasteiger partial charge in [-0.2, -0.15) is 0 Å². The van der Waals surface area contributed by atoms with Gasteiger partial charge in [-0.25, -0.2) is 0 Å². The van der Waals surface area contributed by atoms with E-state index in [1.165, 1.54) is 24.0 Å². The fraction of sp³-hybridized carbons (Fsp3) is 0.474. The van der Waals surface area contributed by atoms with E-state index in [2.05, 4.69) is 23.4 Å². The number of carbonyl (C=O) groups excluding carboxylic acids is 1. The summed E-state index contributed by atoms with van der Waals surface area (Å²) < 4.78 is 5.40. The summed E-state index contributed by atoms with van der Waals surface area (Å²) in [5.74, 6) is 1.02. The third kappa shape index (κ3) is 2.78. The summed E-state index contributed by atoms with van der Waals surface area (Å²) in [6.45, 7) is 2.73. The lowest BCUT2D eigenvalue weighted by Gasteiger charge is -2.22. The Bertz CT molecular complexity index is 735. The van der Waals surface area contributed by atoms with Gasteiger partial charge in [0, 0.05) is 12.6 Å². The fourth-order valence-corrected chi connectivity index (χ4v) is 3.91. The van der Waals surface area contributed by atoms with Gasteiger partial charge in [0.2, 0.25) is 5.91 Å². The third-order valence-electron chi connectivity index (χ3n) is 5.07. The van der Waals surface area contributed by atoms with Crippen molar-refractivity contribution in [3.05, 3.63) is 52.4 Å². The number of aromatic nitrogens is 1. The first kappa shape index (κ1) is 14.5. The zero-order valence-electron chi connectivity index (χ0n) is 13.5. The summed E-state index contributed by atoms with van der Waals surface area (Å²) in [7, 11) is 0. The second-order valence-electron chi connectivity index (χ2n) is 6.75. The van der Waals surface area contributed by atoms with Crippen LogP contribution in [0.1, 0.15) is 53.4 Å². The molecule has 0 radical (unpaired) electrons. The van der Waals surface area contributed by atoms with Gasteiger partial charge in [-0.3, -0.25) is 4.79 Å². The van der Waals surface area contributed by atoms with Crippen LogP contribution in [0.25, 0.3) is 0 Å². The molecule has 1 saturated heterocycles. The van der Waals surface area contributed by atoms with Crippen LogP contribution in [-0.2, 0) is 24.1 Å². The number of hydrogen-bond acceptors (Lipinski definition) is 3. The molecule has 0 saturated carbocycles. The Morgan fingerprint density at radius 2 is 2.13 bits per heavy atom. The van der Waals surface area contributed by atoms with Crippen molar-refractivity contribution in [2.75, 3.05) is 6.54 Å². The molecule has 2 heterocycles. The second kappa shape index (κ2) is 5.84. The standard InChI is InChI=1S/C19H22N2O2/c1-13-10-18(23-20-13)17-6-3-9-21(17)19(22)12-14-7-8-15-4-2-5-16(15)11-14/h7-8,10-11,17H,2-6,9,12H2,1H3/t17-/m0/s1. The first-order valence-corrected chi connectivity index (χ1v) is 8.54. The lowest BCUT2D eigenvalue weighted by atomic mass is 10.0. The molecule has 2 aliphatic rings. The average Bonchev–Trinajstić information content (AvgIpc) is 3.26. The minimum Gasteiger partial charge on any atom is -0.359 e. The maximum absolute atomic E-state index is 12.8. The summed E-state index contributed by atoms with van der Waals surface area (Å²) in [4.78, 5) is 14.7. The first-order chi connectivity index (χ1) is 11.2. The van der Waals surface area contributed by atoms with Crippen molar-refractivity contribution in [2.45, 2.75) is 51.5 Å². The monoisotopic (exact) mass is 310 g/mol. The van der Waals surface area contributed by atoms with Gasteiger partial charge in [-0.15, -0.1) is 0 Å². The van der Waals surface area contributed by atoms with Gasteiger partial charge in [0.1, 0.15) is 0 Å². The van der Waals surface area contributed by atoms with Crippen LogP contribution in [0.4, 0.5) is 0 Å².